The Balaban J connectivity index is 1.51. The fourth-order valence-electron chi connectivity index (χ4n) is 2.54. The van der Waals surface area contributed by atoms with E-state index in [4.69, 9.17) is 9.26 Å². The lowest BCUT2D eigenvalue weighted by atomic mass is 10.2. The molecule has 0 saturated carbocycles. The molecule has 0 aliphatic carbocycles. The van der Waals surface area contributed by atoms with Gasteiger partial charge < -0.3 is 14.2 Å². The number of amides is 1. The highest BCUT2D eigenvalue weighted by Crippen LogP contribution is 2.31. The number of hydrogen-bond acceptors (Lipinski definition) is 5. The van der Waals surface area contributed by atoms with Crippen LogP contribution in [0.3, 0.4) is 0 Å². The number of benzene rings is 2. The van der Waals surface area contributed by atoms with E-state index in [0.717, 1.165) is 12.1 Å². The molecule has 0 spiro atoms. The minimum Gasteiger partial charge on any atom is -0.484 e. The van der Waals surface area contributed by atoms with E-state index >= 15 is 0 Å². The van der Waals surface area contributed by atoms with Crippen LogP contribution in [0, 0.1) is 5.82 Å². The third-order valence-electron chi connectivity index (χ3n) is 4.14. The molecule has 1 aromatic heterocycles. The molecule has 0 atom stereocenters. The lowest BCUT2D eigenvalue weighted by Crippen LogP contribution is -2.29. The number of nitrogens with zero attached hydrogens (tertiary/aromatic N) is 3. The molecule has 0 saturated heterocycles. The van der Waals surface area contributed by atoms with Crippen molar-refractivity contribution in [1.82, 2.24) is 15.0 Å². The van der Waals surface area contributed by atoms with Crippen LogP contribution in [0.15, 0.2) is 53.1 Å². The largest absolute Gasteiger partial charge is 0.484 e. The Hall–Kier alpha value is -3.43. The highest BCUT2D eigenvalue weighted by molar-refractivity contribution is 5.93. The summed E-state index contributed by atoms with van der Waals surface area (Å²) < 4.78 is 61.4. The number of ether oxygens (including phenoxy) is 1. The van der Waals surface area contributed by atoms with E-state index in [0.29, 0.717) is 11.4 Å². The Kier molecular flexibility index (Phi) is 6.34. The fraction of sp³-hybridized carbons (Fsp3) is 0.250. The summed E-state index contributed by atoms with van der Waals surface area (Å²) in [6, 6.07) is 9.66. The van der Waals surface area contributed by atoms with Gasteiger partial charge in [-0.1, -0.05) is 11.2 Å². The molecule has 1 heterocycles. The first-order chi connectivity index (χ1) is 14.2. The minimum absolute atomic E-state index is 0.0224. The molecule has 0 fully saturated rings. The van der Waals surface area contributed by atoms with E-state index in [1.807, 2.05) is 0 Å². The molecule has 0 N–H and O–H groups in total. The van der Waals surface area contributed by atoms with Gasteiger partial charge in [0.1, 0.15) is 11.6 Å². The maximum Gasteiger partial charge on any atom is 0.416 e. The Bertz CT molecular complexity index is 1000. The molecule has 0 bridgehead atoms. The summed E-state index contributed by atoms with van der Waals surface area (Å²) in [6.45, 7) is 0.0856. The number of rotatable bonds is 7. The zero-order valence-electron chi connectivity index (χ0n) is 15.8. The minimum atomic E-state index is -4.46. The third kappa shape index (κ3) is 5.56. The number of hydrogen-bond donors (Lipinski definition) is 0. The predicted molar refractivity (Wildman–Crippen MR) is 97.1 cm³/mol. The first kappa shape index (κ1) is 21.3. The Labute approximate surface area is 169 Å². The van der Waals surface area contributed by atoms with Gasteiger partial charge in [0.25, 0.3) is 11.8 Å². The SMILES string of the molecule is CN(CCc1noc(COc2cccc(C(F)(F)F)c2)n1)C(=O)c1ccc(F)cc1. The first-order valence-corrected chi connectivity index (χ1v) is 8.85. The molecule has 6 nitrogen and oxygen atoms in total. The van der Waals surface area contributed by atoms with Crippen LogP contribution in [-0.2, 0) is 19.2 Å². The molecule has 30 heavy (non-hydrogen) atoms. The van der Waals surface area contributed by atoms with Crippen LogP contribution in [0.25, 0.3) is 0 Å². The maximum absolute atomic E-state index is 13.0. The van der Waals surface area contributed by atoms with Gasteiger partial charge in [0.15, 0.2) is 12.4 Å². The Morgan fingerprint density at radius 2 is 1.90 bits per heavy atom. The van der Waals surface area contributed by atoms with Gasteiger partial charge >= 0.3 is 6.18 Å². The summed E-state index contributed by atoms with van der Waals surface area (Å²) >= 11 is 0. The number of halogens is 4. The second kappa shape index (κ2) is 8.93. The second-order valence-electron chi connectivity index (χ2n) is 6.40. The topological polar surface area (TPSA) is 68.5 Å². The lowest BCUT2D eigenvalue weighted by Gasteiger charge is -2.16. The molecular formula is C20H17F4N3O3. The van der Waals surface area contributed by atoms with Crippen molar-refractivity contribution in [2.45, 2.75) is 19.2 Å². The van der Waals surface area contributed by atoms with Gasteiger partial charge in [-0.15, -0.1) is 0 Å². The molecule has 3 rings (SSSR count). The standard InChI is InChI=1S/C20H17F4N3O3/c1-27(19(28)13-5-7-15(21)8-6-13)10-9-17-25-18(30-26-17)12-29-16-4-2-3-14(11-16)20(22,23)24/h2-8,11H,9-10,12H2,1H3. The first-order valence-electron chi connectivity index (χ1n) is 8.85. The summed E-state index contributed by atoms with van der Waals surface area (Å²) in [5.41, 5.74) is -0.470. The molecular weight excluding hydrogens is 406 g/mol. The third-order valence-corrected chi connectivity index (χ3v) is 4.14. The van der Waals surface area contributed by atoms with Gasteiger partial charge in [-0.2, -0.15) is 18.2 Å². The van der Waals surface area contributed by atoms with Gasteiger partial charge in [-0.05, 0) is 42.5 Å². The number of likely N-dealkylation sites (N-methyl/N-ethyl adjacent to an activating group) is 1. The zero-order valence-corrected chi connectivity index (χ0v) is 15.8. The molecule has 0 aliphatic rings. The smallest absolute Gasteiger partial charge is 0.416 e. The van der Waals surface area contributed by atoms with Crippen molar-refractivity contribution in [2.24, 2.45) is 0 Å². The van der Waals surface area contributed by atoms with Gasteiger partial charge in [-0.3, -0.25) is 4.79 Å². The van der Waals surface area contributed by atoms with Crippen LogP contribution < -0.4 is 4.74 Å². The van der Waals surface area contributed by atoms with E-state index in [1.165, 1.54) is 41.3 Å². The average molecular weight is 423 g/mol. The van der Waals surface area contributed by atoms with Crippen molar-refractivity contribution in [2.75, 3.05) is 13.6 Å². The summed E-state index contributed by atoms with van der Waals surface area (Å²) in [6.07, 6.45) is -4.18. The van der Waals surface area contributed by atoms with Crippen molar-refractivity contribution in [3.05, 3.63) is 77.2 Å². The highest BCUT2D eigenvalue weighted by Gasteiger charge is 2.30. The summed E-state index contributed by atoms with van der Waals surface area (Å²) in [5, 5.41) is 3.77. The van der Waals surface area contributed by atoms with Gasteiger partial charge in [-0.25, -0.2) is 4.39 Å². The van der Waals surface area contributed by atoms with Crippen molar-refractivity contribution in [3.63, 3.8) is 0 Å². The van der Waals surface area contributed by atoms with Crippen LogP contribution >= 0.6 is 0 Å². The number of carbonyl (C=O) groups is 1. The quantitative estimate of drug-likeness (QED) is 0.535. The second-order valence-corrected chi connectivity index (χ2v) is 6.40. The van der Waals surface area contributed by atoms with Crippen molar-refractivity contribution in [3.8, 4) is 5.75 Å². The molecule has 1 amide bonds. The maximum atomic E-state index is 13.0. The van der Waals surface area contributed by atoms with E-state index in [-0.39, 0.29) is 37.1 Å². The molecule has 2 aromatic carbocycles. The zero-order chi connectivity index (χ0) is 21.7. The van der Waals surface area contributed by atoms with Crippen molar-refractivity contribution >= 4 is 5.91 Å². The van der Waals surface area contributed by atoms with E-state index in [9.17, 15) is 22.4 Å². The monoisotopic (exact) mass is 423 g/mol. The summed E-state index contributed by atoms with van der Waals surface area (Å²) in [5.74, 6) is -0.284. The van der Waals surface area contributed by atoms with Gasteiger partial charge in [0, 0.05) is 25.6 Å². The number of aromatic nitrogens is 2. The van der Waals surface area contributed by atoms with Gasteiger partial charge in [0.2, 0.25) is 0 Å². The predicted octanol–water partition coefficient (Wildman–Crippen LogP) is 4.12. The molecule has 158 valence electrons. The van der Waals surface area contributed by atoms with Crippen molar-refractivity contribution in [1.29, 1.82) is 0 Å². The van der Waals surface area contributed by atoms with E-state index < -0.39 is 17.6 Å². The van der Waals surface area contributed by atoms with Crippen molar-refractivity contribution < 1.29 is 31.6 Å². The molecule has 10 heteroatoms. The van der Waals surface area contributed by atoms with Gasteiger partial charge in [0.05, 0.1) is 5.56 Å². The van der Waals surface area contributed by atoms with E-state index in [1.54, 1.807) is 7.05 Å². The fourth-order valence-corrected chi connectivity index (χ4v) is 2.54. The van der Waals surface area contributed by atoms with Crippen LogP contribution in [-0.4, -0.2) is 34.5 Å². The Morgan fingerprint density at radius 3 is 2.60 bits per heavy atom. The van der Waals surface area contributed by atoms with Crippen LogP contribution in [0.2, 0.25) is 0 Å². The lowest BCUT2D eigenvalue weighted by molar-refractivity contribution is -0.137. The number of carbonyl (C=O) groups excluding carboxylic acids is 1. The highest BCUT2D eigenvalue weighted by atomic mass is 19.4. The summed E-state index contributed by atoms with van der Waals surface area (Å²) in [4.78, 5) is 17.8. The van der Waals surface area contributed by atoms with E-state index in [2.05, 4.69) is 10.1 Å². The normalized spacial score (nSPS) is 11.4. The van der Waals surface area contributed by atoms with Crippen LogP contribution in [0.4, 0.5) is 17.6 Å². The average Bonchev–Trinajstić information content (AvgIpc) is 3.18. The molecule has 0 aliphatic heterocycles. The summed E-state index contributed by atoms with van der Waals surface area (Å²) in [7, 11) is 1.59. The molecule has 0 radical (unpaired) electrons. The molecule has 0 unspecified atom stereocenters. The van der Waals surface area contributed by atoms with Crippen LogP contribution in [0.1, 0.15) is 27.6 Å². The molecule has 3 aromatic rings. The Morgan fingerprint density at radius 1 is 1.17 bits per heavy atom. The van der Waals surface area contributed by atoms with Crippen LogP contribution in [0.5, 0.6) is 5.75 Å². The number of alkyl halides is 3.